The standard InChI is InChI=1S/C97H186O15/c1-6-9-12-15-18-21-24-27-29-31-32-33-34-39-43-48-53-58-63-68-73-83(95(107)108-78-87-89(101)91(103)93(105)97(111-87)112-96-92(104)90(102)88(100)86(77-98)110-96)85(99)74-69-64-59-54-49-44-40-36-35-38-42-47-51-56-61-66-71-81-76-84(81)79(4)75-82(72-67-62-57-52-46-26-23-20-17-14-11-8-3)94(106)109-80(5)70-65-60-55-50-45-41-37-30-28-25-22-19-16-13-10-7-2/h79-93,96-105H,6-78H2,1-5H3/t79-,80-,81-,82?,83+,84+,85+,86?,87?,88?,89?,90?,91?,92?,93?,96?,97?/m0/s1. The van der Waals surface area contributed by atoms with Crippen LogP contribution in [0.15, 0.2) is 0 Å². The third kappa shape index (κ3) is 52.5. The van der Waals surface area contributed by atoms with Crippen LogP contribution in [0, 0.1) is 29.6 Å². The smallest absolute Gasteiger partial charge is 0.311 e. The van der Waals surface area contributed by atoms with Crippen molar-refractivity contribution in [1.29, 1.82) is 0 Å². The molecule has 0 bridgehead atoms. The summed E-state index contributed by atoms with van der Waals surface area (Å²) >= 11 is 0. The largest absolute Gasteiger partial charge is 0.463 e. The number of hydrogen-bond donors (Lipinski definition) is 8. The Morgan fingerprint density at radius 1 is 0.348 bits per heavy atom. The van der Waals surface area contributed by atoms with Gasteiger partial charge in [0.15, 0.2) is 12.6 Å². The van der Waals surface area contributed by atoms with Crippen LogP contribution in [0.3, 0.4) is 0 Å². The number of aliphatic hydroxyl groups excluding tert-OH is 8. The summed E-state index contributed by atoms with van der Waals surface area (Å²) in [5, 5.41) is 84.8. The summed E-state index contributed by atoms with van der Waals surface area (Å²) in [4.78, 5) is 27.8. The van der Waals surface area contributed by atoms with Crippen LogP contribution < -0.4 is 0 Å². The molecule has 2 saturated heterocycles. The van der Waals surface area contributed by atoms with Crippen LogP contribution in [0.5, 0.6) is 0 Å². The maximum absolute atomic E-state index is 13.9. The van der Waals surface area contributed by atoms with Gasteiger partial charge >= 0.3 is 11.9 Å². The van der Waals surface area contributed by atoms with E-state index in [2.05, 4.69) is 34.6 Å². The maximum atomic E-state index is 13.9. The lowest BCUT2D eigenvalue weighted by molar-refractivity contribution is -0.376. The Hall–Kier alpha value is -1.50. The average Bonchev–Trinajstić information content (AvgIpc) is 1.51. The van der Waals surface area contributed by atoms with Crippen molar-refractivity contribution < 1.29 is 74.1 Å². The van der Waals surface area contributed by atoms with E-state index in [-0.39, 0.29) is 18.0 Å². The Kier molecular flexibility index (Phi) is 67.6. The molecule has 3 aliphatic rings. The van der Waals surface area contributed by atoms with Gasteiger partial charge in [-0.25, -0.2) is 0 Å². The lowest BCUT2D eigenvalue weighted by Gasteiger charge is -2.44. The van der Waals surface area contributed by atoms with Gasteiger partial charge in [0.2, 0.25) is 0 Å². The van der Waals surface area contributed by atoms with Gasteiger partial charge in [0.25, 0.3) is 0 Å². The predicted octanol–water partition coefficient (Wildman–Crippen LogP) is 24.3. The lowest BCUT2D eigenvalue weighted by Crippen LogP contribution is -2.63. The highest BCUT2D eigenvalue weighted by Crippen LogP contribution is 2.50. The molecule has 2 aliphatic heterocycles. The van der Waals surface area contributed by atoms with Gasteiger partial charge in [0.05, 0.1) is 30.7 Å². The van der Waals surface area contributed by atoms with Gasteiger partial charge in [-0.2, -0.15) is 0 Å². The summed E-state index contributed by atoms with van der Waals surface area (Å²) in [6, 6.07) is 0. The number of carbonyl (C=O) groups excluding carboxylic acids is 2. The van der Waals surface area contributed by atoms with Gasteiger partial charge in [-0.1, -0.05) is 439 Å². The van der Waals surface area contributed by atoms with Crippen LogP contribution in [0.4, 0.5) is 0 Å². The highest BCUT2D eigenvalue weighted by Gasteiger charge is 2.50. The summed E-state index contributed by atoms with van der Waals surface area (Å²) < 4.78 is 28.8. The number of rotatable bonds is 82. The second-order valence-corrected chi connectivity index (χ2v) is 36.5. The molecule has 0 aromatic rings. The molecule has 0 amide bonds. The van der Waals surface area contributed by atoms with Crippen molar-refractivity contribution in [3.8, 4) is 0 Å². The van der Waals surface area contributed by atoms with Gasteiger partial charge in [0.1, 0.15) is 55.4 Å². The van der Waals surface area contributed by atoms with E-state index < -0.39 is 92.6 Å². The number of hydrogen-bond acceptors (Lipinski definition) is 15. The van der Waals surface area contributed by atoms with E-state index in [1.165, 1.54) is 366 Å². The number of aliphatic hydroxyl groups is 8. The zero-order valence-electron chi connectivity index (χ0n) is 73.9. The third-order valence-corrected chi connectivity index (χ3v) is 26.0. The van der Waals surface area contributed by atoms with E-state index in [0.717, 1.165) is 88.9 Å². The SMILES string of the molecule is CCCCCCCCCCCCCCCCCCCCCC[C@@H](C(=O)OCC1OC(OC2OC(CO)C(O)C(O)C2O)C(O)C(O)C1O)[C@H](O)CCCCCCCCCCCCCCCCCC[C@H]1C[C@@H]1[C@@H](C)CC(CCCCCCCCCCCCCC)C(=O)O[C@@H](C)CCCCCCCCCCCCCCCCCC. The van der Waals surface area contributed by atoms with E-state index in [1.54, 1.807) is 0 Å². The first-order valence-electron chi connectivity index (χ1n) is 49.4. The minimum Gasteiger partial charge on any atom is -0.463 e. The van der Waals surface area contributed by atoms with Crippen LogP contribution in [-0.2, 0) is 33.3 Å². The zero-order chi connectivity index (χ0) is 81.1. The molecule has 0 aromatic carbocycles. The van der Waals surface area contributed by atoms with Crippen molar-refractivity contribution in [2.75, 3.05) is 13.2 Å². The minimum absolute atomic E-state index is 0.0209. The van der Waals surface area contributed by atoms with Gasteiger partial charge < -0.3 is 64.5 Å². The molecule has 0 aromatic heterocycles. The summed E-state index contributed by atoms with van der Waals surface area (Å²) in [6.07, 6.45) is 72.4. The van der Waals surface area contributed by atoms with E-state index in [0.29, 0.717) is 18.8 Å². The molecule has 0 radical (unpaired) electrons. The molecule has 3 fully saturated rings. The lowest BCUT2D eigenvalue weighted by atomic mass is 9.87. The Balaban J connectivity index is 1.29. The molecule has 1 saturated carbocycles. The topological polar surface area (TPSA) is 242 Å². The molecule has 17 atom stereocenters. The first-order valence-corrected chi connectivity index (χ1v) is 49.4. The highest BCUT2D eigenvalue weighted by molar-refractivity contribution is 5.73. The van der Waals surface area contributed by atoms with Gasteiger partial charge in [-0.05, 0) is 69.6 Å². The summed E-state index contributed by atoms with van der Waals surface area (Å²) in [5.41, 5.74) is 0. The van der Waals surface area contributed by atoms with Gasteiger partial charge in [-0.15, -0.1) is 0 Å². The van der Waals surface area contributed by atoms with Crippen LogP contribution >= 0.6 is 0 Å². The molecule has 0 spiro atoms. The van der Waals surface area contributed by atoms with E-state index in [1.807, 2.05) is 0 Å². The van der Waals surface area contributed by atoms with Crippen molar-refractivity contribution >= 4 is 11.9 Å². The van der Waals surface area contributed by atoms with Crippen molar-refractivity contribution in [3.63, 3.8) is 0 Å². The predicted molar refractivity (Wildman–Crippen MR) is 462 cm³/mol. The average molecular weight is 1590 g/mol. The molecule has 1 aliphatic carbocycles. The molecule has 664 valence electrons. The molecule has 112 heavy (non-hydrogen) atoms. The first kappa shape index (κ1) is 105. The summed E-state index contributed by atoms with van der Waals surface area (Å²) in [5.74, 6) is 0.957. The maximum Gasteiger partial charge on any atom is 0.311 e. The molecule has 8 N–H and O–H groups in total. The minimum atomic E-state index is -1.83. The number of carbonyl (C=O) groups is 2. The van der Waals surface area contributed by atoms with E-state index in [4.69, 9.17) is 23.7 Å². The van der Waals surface area contributed by atoms with E-state index in [9.17, 15) is 50.4 Å². The molecule has 15 heteroatoms. The van der Waals surface area contributed by atoms with Crippen molar-refractivity contribution in [2.24, 2.45) is 29.6 Å². The highest BCUT2D eigenvalue weighted by atomic mass is 16.8. The fourth-order valence-corrected chi connectivity index (χ4v) is 18.1. The monoisotopic (exact) mass is 1590 g/mol. The zero-order valence-corrected chi connectivity index (χ0v) is 73.9. The summed E-state index contributed by atoms with van der Waals surface area (Å²) in [6.45, 7) is 10.2. The molecular formula is C97H186O15. The number of esters is 2. The normalized spacial score (nSPS) is 23.3. The Bertz CT molecular complexity index is 2070. The first-order chi connectivity index (χ1) is 54.7. The van der Waals surface area contributed by atoms with Crippen LogP contribution in [0.25, 0.3) is 0 Å². The van der Waals surface area contributed by atoms with Crippen molar-refractivity contribution in [1.82, 2.24) is 0 Å². The van der Waals surface area contributed by atoms with Gasteiger partial charge in [0, 0.05) is 0 Å². The Morgan fingerprint density at radius 3 is 0.991 bits per heavy atom. The second-order valence-electron chi connectivity index (χ2n) is 36.5. The van der Waals surface area contributed by atoms with Crippen LogP contribution in [0.2, 0.25) is 0 Å². The third-order valence-electron chi connectivity index (χ3n) is 26.0. The van der Waals surface area contributed by atoms with E-state index >= 15 is 0 Å². The summed E-state index contributed by atoms with van der Waals surface area (Å²) in [7, 11) is 0. The molecular weight excluding hydrogens is 1410 g/mol. The quantitative estimate of drug-likeness (QED) is 0.0209. The number of unbranched alkanes of at least 4 members (excludes halogenated alkanes) is 60. The van der Waals surface area contributed by atoms with Crippen LogP contribution in [0.1, 0.15) is 490 Å². The molecule has 11 unspecified atom stereocenters. The Morgan fingerprint density at radius 2 is 0.643 bits per heavy atom. The fraction of sp³-hybridized carbons (Fsp3) is 0.979. The number of ether oxygens (including phenoxy) is 5. The second kappa shape index (κ2) is 72.3. The van der Waals surface area contributed by atoms with Crippen molar-refractivity contribution in [3.05, 3.63) is 0 Å². The molecule has 2 heterocycles. The molecule has 15 nitrogen and oxygen atoms in total. The fourth-order valence-electron chi connectivity index (χ4n) is 18.1. The van der Waals surface area contributed by atoms with Crippen LogP contribution in [-0.4, -0.2) is 140 Å². The molecule has 3 rings (SSSR count). The van der Waals surface area contributed by atoms with Crippen molar-refractivity contribution in [2.45, 2.75) is 564 Å². The Labute approximate surface area is 689 Å². The van der Waals surface area contributed by atoms with Gasteiger partial charge in [-0.3, -0.25) is 9.59 Å².